The van der Waals surface area contributed by atoms with Crippen LogP contribution in [0.15, 0.2) is 12.7 Å². The van der Waals surface area contributed by atoms with Gasteiger partial charge in [0.25, 0.3) is 0 Å². The zero-order valence-corrected chi connectivity index (χ0v) is 10.00. The van der Waals surface area contributed by atoms with E-state index in [0.29, 0.717) is 6.61 Å². The Morgan fingerprint density at radius 1 is 1.27 bits per heavy atom. The van der Waals surface area contributed by atoms with Crippen LogP contribution >= 0.6 is 0 Å². The molecule has 0 aromatic heterocycles. The van der Waals surface area contributed by atoms with E-state index in [1.165, 1.54) is 0 Å². The van der Waals surface area contributed by atoms with Crippen molar-refractivity contribution in [1.29, 1.82) is 0 Å². The summed E-state index contributed by atoms with van der Waals surface area (Å²) in [7, 11) is 0. The minimum absolute atomic E-state index is 0.211. The summed E-state index contributed by atoms with van der Waals surface area (Å²) in [4.78, 5) is 13.4. The van der Waals surface area contributed by atoms with E-state index in [9.17, 15) is 4.79 Å². The Kier molecular flexibility index (Phi) is 8.93. The van der Waals surface area contributed by atoms with Gasteiger partial charge in [0.1, 0.15) is 6.61 Å². The van der Waals surface area contributed by atoms with Crippen molar-refractivity contribution in [3.05, 3.63) is 12.7 Å². The van der Waals surface area contributed by atoms with Gasteiger partial charge in [-0.2, -0.15) is 0 Å². The average molecular weight is 213 g/mol. The third kappa shape index (κ3) is 7.00. The first kappa shape index (κ1) is 14.0. The lowest BCUT2D eigenvalue weighted by Gasteiger charge is -2.21. The van der Waals surface area contributed by atoms with Crippen LogP contribution in [0, 0.1) is 0 Å². The van der Waals surface area contributed by atoms with Crippen molar-refractivity contribution in [2.24, 2.45) is 0 Å². The summed E-state index contributed by atoms with van der Waals surface area (Å²) in [5, 5.41) is 0. The molecule has 0 saturated carbocycles. The van der Waals surface area contributed by atoms with Crippen molar-refractivity contribution in [1.82, 2.24) is 4.90 Å². The van der Waals surface area contributed by atoms with Gasteiger partial charge < -0.3 is 9.64 Å². The molecule has 0 bridgehead atoms. The van der Waals surface area contributed by atoms with Gasteiger partial charge >= 0.3 is 6.09 Å². The number of amides is 1. The molecule has 0 N–H and O–H groups in total. The minimum atomic E-state index is -0.211. The van der Waals surface area contributed by atoms with Crippen LogP contribution in [-0.4, -0.2) is 30.7 Å². The highest BCUT2D eigenvalue weighted by Gasteiger charge is 2.12. The minimum Gasteiger partial charge on any atom is -0.445 e. The Bertz CT molecular complexity index is 172. The second kappa shape index (κ2) is 9.56. The van der Waals surface area contributed by atoms with E-state index in [1.807, 2.05) is 0 Å². The predicted molar refractivity (Wildman–Crippen MR) is 62.9 cm³/mol. The van der Waals surface area contributed by atoms with Crippen molar-refractivity contribution in [2.45, 2.75) is 39.5 Å². The first-order valence-corrected chi connectivity index (χ1v) is 5.78. The third-order valence-electron chi connectivity index (χ3n) is 2.15. The highest BCUT2D eigenvalue weighted by Crippen LogP contribution is 2.01. The number of nitrogens with zero attached hydrogens (tertiary/aromatic N) is 1. The summed E-state index contributed by atoms with van der Waals surface area (Å²) in [5.41, 5.74) is 0. The molecule has 3 heteroatoms. The summed E-state index contributed by atoms with van der Waals surface area (Å²) in [5.74, 6) is 0. The topological polar surface area (TPSA) is 29.5 Å². The maximum absolute atomic E-state index is 11.6. The van der Waals surface area contributed by atoms with Crippen molar-refractivity contribution in [3.63, 3.8) is 0 Å². The van der Waals surface area contributed by atoms with Crippen LogP contribution in [0.2, 0.25) is 0 Å². The second-order valence-corrected chi connectivity index (χ2v) is 3.56. The molecular weight excluding hydrogens is 190 g/mol. The Hall–Kier alpha value is -0.990. The van der Waals surface area contributed by atoms with Crippen LogP contribution in [-0.2, 0) is 4.74 Å². The molecule has 0 radical (unpaired) electrons. The first-order chi connectivity index (χ1) is 7.26. The van der Waals surface area contributed by atoms with Gasteiger partial charge in [-0.05, 0) is 12.8 Å². The molecule has 3 nitrogen and oxygen atoms in total. The van der Waals surface area contributed by atoms with E-state index in [-0.39, 0.29) is 6.09 Å². The van der Waals surface area contributed by atoms with Gasteiger partial charge in [-0.15, -0.1) is 0 Å². The van der Waals surface area contributed by atoms with Crippen molar-refractivity contribution >= 4 is 6.09 Å². The summed E-state index contributed by atoms with van der Waals surface area (Å²) in [6, 6.07) is 0. The molecule has 0 atom stereocenters. The molecule has 0 aromatic carbocycles. The fraction of sp³-hybridized carbons (Fsp3) is 0.750. The van der Waals surface area contributed by atoms with E-state index >= 15 is 0 Å². The lowest BCUT2D eigenvalue weighted by molar-refractivity contribution is 0.111. The third-order valence-corrected chi connectivity index (χ3v) is 2.15. The SMILES string of the molecule is C=CCOC(=O)N(CCCC)CCCC. The largest absolute Gasteiger partial charge is 0.445 e. The summed E-state index contributed by atoms with van der Waals surface area (Å²) >= 11 is 0. The van der Waals surface area contributed by atoms with Gasteiger partial charge in [-0.3, -0.25) is 0 Å². The fourth-order valence-corrected chi connectivity index (χ4v) is 1.21. The zero-order chi connectivity index (χ0) is 11.5. The Labute approximate surface area is 93.1 Å². The normalized spacial score (nSPS) is 9.73. The van der Waals surface area contributed by atoms with Gasteiger partial charge in [0.2, 0.25) is 0 Å². The Balaban J connectivity index is 3.95. The van der Waals surface area contributed by atoms with Crippen molar-refractivity contribution in [2.75, 3.05) is 19.7 Å². The number of hydrogen-bond donors (Lipinski definition) is 0. The van der Waals surface area contributed by atoms with Crippen LogP contribution in [0.4, 0.5) is 4.79 Å². The molecule has 0 aliphatic heterocycles. The van der Waals surface area contributed by atoms with E-state index in [0.717, 1.165) is 38.8 Å². The number of hydrogen-bond acceptors (Lipinski definition) is 2. The molecular formula is C12H23NO2. The van der Waals surface area contributed by atoms with Crippen LogP contribution < -0.4 is 0 Å². The van der Waals surface area contributed by atoms with Crippen LogP contribution in [0.1, 0.15) is 39.5 Å². The Morgan fingerprint density at radius 2 is 1.80 bits per heavy atom. The molecule has 0 aliphatic rings. The van der Waals surface area contributed by atoms with Crippen LogP contribution in [0.5, 0.6) is 0 Å². The van der Waals surface area contributed by atoms with Gasteiger partial charge in [0.05, 0.1) is 0 Å². The highest BCUT2D eigenvalue weighted by atomic mass is 16.6. The fourth-order valence-electron chi connectivity index (χ4n) is 1.21. The number of carbonyl (C=O) groups excluding carboxylic acids is 1. The van der Waals surface area contributed by atoms with Gasteiger partial charge in [0, 0.05) is 13.1 Å². The van der Waals surface area contributed by atoms with E-state index in [4.69, 9.17) is 4.74 Å². The van der Waals surface area contributed by atoms with Gasteiger partial charge in [-0.1, -0.05) is 39.3 Å². The highest BCUT2D eigenvalue weighted by molar-refractivity contribution is 5.67. The van der Waals surface area contributed by atoms with Crippen molar-refractivity contribution in [3.8, 4) is 0 Å². The van der Waals surface area contributed by atoms with Crippen molar-refractivity contribution < 1.29 is 9.53 Å². The Morgan fingerprint density at radius 3 is 2.20 bits per heavy atom. The lowest BCUT2D eigenvalue weighted by atomic mass is 10.3. The van der Waals surface area contributed by atoms with Crippen LogP contribution in [0.3, 0.4) is 0 Å². The van der Waals surface area contributed by atoms with E-state index in [2.05, 4.69) is 20.4 Å². The number of ether oxygens (including phenoxy) is 1. The maximum Gasteiger partial charge on any atom is 0.410 e. The second-order valence-electron chi connectivity index (χ2n) is 3.56. The summed E-state index contributed by atoms with van der Waals surface area (Å²) in [6.07, 6.45) is 5.64. The maximum atomic E-state index is 11.6. The van der Waals surface area contributed by atoms with Gasteiger partial charge in [-0.25, -0.2) is 4.79 Å². The molecule has 0 unspecified atom stereocenters. The van der Waals surface area contributed by atoms with Gasteiger partial charge in [0.15, 0.2) is 0 Å². The molecule has 0 heterocycles. The predicted octanol–water partition coefficient (Wildman–Crippen LogP) is 3.21. The molecule has 15 heavy (non-hydrogen) atoms. The van der Waals surface area contributed by atoms with Crippen LogP contribution in [0.25, 0.3) is 0 Å². The molecule has 0 aromatic rings. The zero-order valence-electron chi connectivity index (χ0n) is 10.00. The smallest absolute Gasteiger partial charge is 0.410 e. The number of unbranched alkanes of at least 4 members (excludes halogenated alkanes) is 2. The standard InChI is InChI=1S/C12H23NO2/c1-4-7-9-13(10-8-5-2)12(14)15-11-6-3/h6H,3-5,7-11H2,1-2H3. The monoisotopic (exact) mass is 213 g/mol. The molecule has 0 rings (SSSR count). The number of carbonyl (C=O) groups is 1. The van der Waals surface area contributed by atoms with E-state index < -0.39 is 0 Å². The summed E-state index contributed by atoms with van der Waals surface area (Å²) in [6.45, 7) is 9.65. The first-order valence-electron chi connectivity index (χ1n) is 5.78. The molecule has 0 saturated heterocycles. The quantitative estimate of drug-likeness (QED) is 0.579. The molecule has 88 valence electrons. The summed E-state index contributed by atoms with van der Waals surface area (Å²) < 4.78 is 5.02. The molecule has 0 fully saturated rings. The van der Waals surface area contributed by atoms with E-state index in [1.54, 1.807) is 11.0 Å². The molecule has 0 aliphatic carbocycles. The molecule has 0 spiro atoms. The lowest BCUT2D eigenvalue weighted by Crippen LogP contribution is -2.33. The number of rotatable bonds is 8. The molecule has 1 amide bonds. The average Bonchev–Trinajstić information content (AvgIpc) is 2.26.